The zero-order valence-corrected chi connectivity index (χ0v) is 11.5. The van der Waals surface area contributed by atoms with Gasteiger partial charge >= 0.3 is 6.61 Å². The van der Waals surface area contributed by atoms with Gasteiger partial charge in [-0.1, -0.05) is 42.5 Å². The third kappa shape index (κ3) is 2.90. The molecule has 0 bridgehead atoms. The predicted molar refractivity (Wildman–Crippen MR) is 77.4 cm³/mol. The maximum Gasteiger partial charge on any atom is 0.387 e. The average Bonchev–Trinajstić information content (AvgIpc) is 2.45. The maximum absolute atomic E-state index is 12.1. The molecule has 110 valence electrons. The lowest BCUT2D eigenvalue weighted by atomic mass is 9.63. The van der Waals surface area contributed by atoms with Gasteiger partial charge in [0.05, 0.1) is 0 Å². The van der Waals surface area contributed by atoms with Crippen LogP contribution in [0.2, 0.25) is 0 Å². The number of hydrogen-bond donors (Lipinski definition) is 1. The molecule has 1 saturated carbocycles. The zero-order valence-electron chi connectivity index (χ0n) is 11.5. The van der Waals surface area contributed by atoms with Gasteiger partial charge in [0.15, 0.2) is 0 Å². The smallest absolute Gasteiger partial charge is 0.387 e. The van der Waals surface area contributed by atoms with E-state index in [1.54, 1.807) is 24.3 Å². The third-order valence-corrected chi connectivity index (χ3v) is 4.15. The summed E-state index contributed by atoms with van der Waals surface area (Å²) in [7, 11) is 0. The molecule has 3 rings (SSSR count). The molecule has 0 radical (unpaired) electrons. The monoisotopic (exact) mass is 289 g/mol. The van der Waals surface area contributed by atoms with Crippen molar-refractivity contribution < 1.29 is 13.5 Å². The molecule has 1 aliphatic rings. The molecule has 0 aromatic heterocycles. The number of nitrogens with two attached hydrogens (primary N) is 1. The first-order valence-electron chi connectivity index (χ1n) is 6.96. The summed E-state index contributed by atoms with van der Waals surface area (Å²) in [6, 6.07) is 16.9. The second kappa shape index (κ2) is 5.45. The maximum atomic E-state index is 12.1. The Morgan fingerprint density at radius 3 is 2.19 bits per heavy atom. The topological polar surface area (TPSA) is 35.2 Å². The van der Waals surface area contributed by atoms with Crippen molar-refractivity contribution in [2.75, 3.05) is 0 Å². The lowest BCUT2D eigenvalue weighted by molar-refractivity contribution is -0.0498. The Morgan fingerprint density at radius 2 is 1.62 bits per heavy atom. The van der Waals surface area contributed by atoms with E-state index in [1.807, 2.05) is 18.2 Å². The first kappa shape index (κ1) is 14.0. The Balaban J connectivity index is 1.68. The lowest BCUT2D eigenvalue weighted by Gasteiger charge is -2.45. The summed E-state index contributed by atoms with van der Waals surface area (Å²) in [5, 5.41) is 0. The molecule has 2 aromatic carbocycles. The van der Waals surface area contributed by atoms with Crippen molar-refractivity contribution in [1.82, 2.24) is 0 Å². The van der Waals surface area contributed by atoms with Crippen LogP contribution in [-0.2, 0) is 5.54 Å². The van der Waals surface area contributed by atoms with Crippen LogP contribution in [0.1, 0.15) is 29.9 Å². The van der Waals surface area contributed by atoms with Gasteiger partial charge in [-0.15, -0.1) is 0 Å². The fourth-order valence-electron chi connectivity index (χ4n) is 2.98. The molecule has 1 aliphatic carbocycles. The number of hydrogen-bond acceptors (Lipinski definition) is 2. The SMILES string of the molecule is NC1(c2ccc(OC(F)F)cc2)CC(c2ccccc2)C1. The van der Waals surface area contributed by atoms with Crippen molar-refractivity contribution in [1.29, 1.82) is 0 Å². The number of rotatable bonds is 4. The summed E-state index contributed by atoms with van der Waals surface area (Å²) in [5.41, 5.74) is 8.31. The molecule has 0 aliphatic heterocycles. The number of ether oxygens (including phenoxy) is 1. The molecule has 2 nitrogen and oxygen atoms in total. The molecular weight excluding hydrogens is 272 g/mol. The Hall–Kier alpha value is -1.94. The van der Waals surface area contributed by atoms with Crippen LogP contribution in [-0.4, -0.2) is 6.61 Å². The van der Waals surface area contributed by atoms with E-state index in [0.29, 0.717) is 5.92 Å². The molecule has 2 N–H and O–H groups in total. The highest BCUT2D eigenvalue weighted by Crippen LogP contribution is 2.49. The van der Waals surface area contributed by atoms with Crippen LogP contribution in [0.25, 0.3) is 0 Å². The highest BCUT2D eigenvalue weighted by molar-refractivity contribution is 5.36. The zero-order chi connectivity index (χ0) is 14.9. The van der Waals surface area contributed by atoms with Gasteiger partial charge in [-0.2, -0.15) is 8.78 Å². The van der Waals surface area contributed by atoms with E-state index in [0.717, 1.165) is 18.4 Å². The predicted octanol–water partition coefficient (Wildman–Crippen LogP) is 4.02. The van der Waals surface area contributed by atoms with Gasteiger partial charge in [0.25, 0.3) is 0 Å². The van der Waals surface area contributed by atoms with Crippen molar-refractivity contribution in [2.45, 2.75) is 30.9 Å². The quantitative estimate of drug-likeness (QED) is 0.922. The minimum Gasteiger partial charge on any atom is -0.435 e. The van der Waals surface area contributed by atoms with E-state index in [9.17, 15) is 8.78 Å². The number of benzene rings is 2. The van der Waals surface area contributed by atoms with Gasteiger partial charge < -0.3 is 10.5 Å². The molecule has 2 aromatic rings. The van der Waals surface area contributed by atoms with E-state index in [4.69, 9.17) is 5.73 Å². The van der Waals surface area contributed by atoms with Crippen molar-refractivity contribution in [3.05, 3.63) is 65.7 Å². The Bertz CT molecular complexity index is 592. The van der Waals surface area contributed by atoms with E-state index >= 15 is 0 Å². The van der Waals surface area contributed by atoms with E-state index < -0.39 is 6.61 Å². The molecule has 0 amide bonds. The highest BCUT2D eigenvalue weighted by Gasteiger charge is 2.42. The molecular formula is C17H17F2NO. The molecule has 0 saturated heterocycles. The first-order valence-corrected chi connectivity index (χ1v) is 6.96. The third-order valence-electron chi connectivity index (χ3n) is 4.15. The van der Waals surface area contributed by atoms with Crippen LogP contribution in [0.15, 0.2) is 54.6 Å². The summed E-state index contributed by atoms with van der Waals surface area (Å²) in [4.78, 5) is 0. The molecule has 0 spiro atoms. The van der Waals surface area contributed by atoms with Gasteiger partial charge in [-0.3, -0.25) is 0 Å². The van der Waals surface area contributed by atoms with Crippen molar-refractivity contribution >= 4 is 0 Å². The summed E-state index contributed by atoms with van der Waals surface area (Å²) in [6.45, 7) is -2.80. The Labute approximate surface area is 122 Å². The minimum absolute atomic E-state index is 0.163. The van der Waals surface area contributed by atoms with Crippen molar-refractivity contribution in [3.8, 4) is 5.75 Å². The molecule has 0 unspecified atom stereocenters. The summed E-state index contributed by atoms with van der Waals surface area (Å²) >= 11 is 0. The highest BCUT2D eigenvalue weighted by atomic mass is 19.3. The normalized spacial score (nSPS) is 24.7. The minimum atomic E-state index is -2.80. The Morgan fingerprint density at radius 1 is 1.00 bits per heavy atom. The fraction of sp³-hybridized carbons (Fsp3) is 0.294. The lowest BCUT2D eigenvalue weighted by Crippen LogP contribution is -2.47. The molecule has 0 heterocycles. The van der Waals surface area contributed by atoms with Gasteiger partial charge in [-0.05, 0) is 42.0 Å². The molecule has 1 fully saturated rings. The van der Waals surface area contributed by atoms with E-state index in [1.165, 1.54) is 5.56 Å². The fourth-order valence-corrected chi connectivity index (χ4v) is 2.98. The van der Waals surface area contributed by atoms with Gasteiger partial charge in [-0.25, -0.2) is 0 Å². The van der Waals surface area contributed by atoms with Crippen LogP contribution in [0, 0.1) is 0 Å². The summed E-state index contributed by atoms with van der Waals surface area (Å²) in [6.07, 6.45) is 1.73. The average molecular weight is 289 g/mol. The number of halogens is 2. The summed E-state index contributed by atoms with van der Waals surface area (Å²) < 4.78 is 28.6. The van der Waals surface area contributed by atoms with Crippen LogP contribution >= 0.6 is 0 Å². The second-order valence-corrected chi connectivity index (χ2v) is 5.57. The molecule has 4 heteroatoms. The standard InChI is InChI=1S/C17H17F2NO/c18-16(19)21-15-8-6-14(7-9-15)17(20)10-13(11-17)12-4-2-1-3-5-12/h1-9,13,16H,10-11,20H2. The van der Waals surface area contributed by atoms with Crippen molar-refractivity contribution in [3.63, 3.8) is 0 Å². The van der Waals surface area contributed by atoms with Crippen LogP contribution in [0.3, 0.4) is 0 Å². The Kier molecular flexibility index (Phi) is 3.64. The van der Waals surface area contributed by atoms with Gasteiger partial charge in [0.2, 0.25) is 0 Å². The molecule has 0 atom stereocenters. The molecule has 21 heavy (non-hydrogen) atoms. The van der Waals surface area contributed by atoms with Crippen LogP contribution in [0.5, 0.6) is 5.75 Å². The largest absolute Gasteiger partial charge is 0.435 e. The van der Waals surface area contributed by atoms with E-state index in [2.05, 4.69) is 16.9 Å². The second-order valence-electron chi connectivity index (χ2n) is 5.57. The van der Waals surface area contributed by atoms with E-state index in [-0.39, 0.29) is 11.3 Å². The number of alkyl halides is 2. The van der Waals surface area contributed by atoms with Crippen molar-refractivity contribution in [2.24, 2.45) is 5.73 Å². The van der Waals surface area contributed by atoms with Crippen LogP contribution in [0.4, 0.5) is 8.78 Å². The summed E-state index contributed by atoms with van der Waals surface area (Å²) in [5.74, 6) is 0.629. The van der Waals surface area contributed by atoms with Gasteiger partial charge in [0.1, 0.15) is 5.75 Å². The van der Waals surface area contributed by atoms with Crippen LogP contribution < -0.4 is 10.5 Å². The first-order chi connectivity index (χ1) is 10.1. The van der Waals surface area contributed by atoms with Gasteiger partial charge in [0, 0.05) is 5.54 Å².